The van der Waals surface area contributed by atoms with E-state index >= 15 is 0 Å². The van der Waals surface area contributed by atoms with Crippen molar-refractivity contribution in [2.45, 2.75) is 64.7 Å². The van der Waals surface area contributed by atoms with Gasteiger partial charge in [-0.2, -0.15) is 0 Å². The molecule has 2 aliphatic heterocycles. The van der Waals surface area contributed by atoms with Crippen LogP contribution in [0.2, 0.25) is 10.0 Å². The highest BCUT2D eigenvalue weighted by Crippen LogP contribution is 2.62. The number of benzene rings is 3. The van der Waals surface area contributed by atoms with E-state index in [2.05, 4.69) is 89.8 Å². The summed E-state index contributed by atoms with van der Waals surface area (Å²) in [4.78, 5) is 2.34. The molecule has 31 heavy (non-hydrogen) atoms. The maximum Gasteiger partial charge on any atom is 0.0689 e. The molecule has 2 heterocycles. The molecular formula is C28H29Cl2N. The number of nitrogens with zero attached hydrogens (tertiary/aromatic N) is 1. The van der Waals surface area contributed by atoms with E-state index in [-0.39, 0.29) is 16.2 Å². The fourth-order valence-corrected chi connectivity index (χ4v) is 5.90. The Morgan fingerprint density at radius 1 is 0.645 bits per heavy atom. The summed E-state index contributed by atoms with van der Waals surface area (Å²) < 4.78 is 0. The number of fused-ring (bicyclic) bond motifs is 4. The van der Waals surface area contributed by atoms with Crippen LogP contribution < -0.4 is 4.90 Å². The van der Waals surface area contributed by atoms with Crippen molar-refractivity contribution in [2.75, 3.05) is 4.90 Å². The molecule has 2 aliphatic rings. The SMILES string of the molecule is CC(C)(C)c1cc2c3c(c1)C(C)(C)c1cccc(Cl)c1N3c1c(Cl)cccc1C2(C)C. The molecule has 0 aliphatic carbocycles. The second kappa shape index (κ2) is 6.30. The van der Waals surface area contributed by atoms with Gasteiger partial charge in [0.15, 0.2) is 0 Å². The van der Waals surface area contributed by atoms with Crippen molar-refractivity contribution in [3.63, 3.8) is 0 Å². The van der Waals surface area contributed by atoms with E-state index in [1.807, 2.05) is 12.1 Å². The first-order valence-corrected chi connectivity index (χ1v) is 11.7. The predicted octanol–water partition coefficient (Wildman–Crippen LogP) is 9.04. The topological polar surface area (TPSA) is 3.24 Å². The number of halogens is 2. The summed E-state index contributed by atoms with van der Waals surface area (Å²) in [6.07, 6.45) is 0. The minimum atomic E-state index is -0.184. The lowest BCUT2D eigenvalue weighted by atomic mass is 9.65. The lowest BCUT2D eigenvalue weighted by Gasteiger charge is -2.50. The molecule has 3 aromatic carbocycles. The van der Waals surface area contributed by atoms with Crippen LogP contribution in [-0.4, -0.2) is 0 Å². The van der Waals surface area contributed by atoms with Crippen molar-refractivity contribution in [2.24, 2.45) is 0 Å². The van der Waals surface area contributed by atoms with Gasteiger partial charge in [0.2, 0.25) is 0 Å². The number of rotatable bonds is 0. The summed E-state index contributed by atoms with van der Waals surface area (Å²) >= 11 is 13.8. The van der Waals surface area contributed by atoms with E-state index in [0.717, 1.165) is 21.4 Å². The van der Waals surface area contributed by atoms with Crippen LogP contribution in [0.4, 0.5) is 17.1 Å². The summed E-state index contributed by atoms with van der Waals surface area (Å²) in [5, 5.41) is 1.51. The molecule has 1 nitrogen and oxygen atoms in total. The number of para-hydroxylation sites is 2. The molecule has 0 N–H and O–H groups in total. The maximum absolute atomic E-state index is 6.89. The summed E-state index contributed by atoms with van der Waals surface area (Å²) in [5.74, 6) is 0. The Balaban J connectivity index is 2.01. The summed E-state index contributed by atoms with van der Waals surface area (Å²) in [5.41, 5.74) is 9.52. The van der Waals surface area contributed by atoms with E-state index < -0.39 is 0 Å². The van der Waals surface area contributed by atoms with Crippen LogP contribution in [0.25, 0.3) is 0 Å². The zero-order chi connectivity index (χ0) is 22.5. The molecule has 0 bridgehead atoms. The van der Waals surface area contributed by atoms with Gasteiger partial charge in [-0.15, -0.1) is 0 Å². The molecule has 0 radical (unpaired) electrons. The normalized spacial score (nSPS) is 17.6. The van der Waals surface area contributed by atoms with E-state index in [1.54, 1.807) is 0 Å². The Labute approximate surface area is 196 Å². The van der Waals surface area contributed by atoms with Crippen LogP contribution in [0.5, 0.6) is 0 Å². The Morgan fingerprint density at radius 2 is 1.06 bits per heavy atom. The summed E-state index contributed by atoms with van der Waals surface area (Å²) in [6, 6.07) is 17.3. The number of hydrogen-bond acceptors (Lipinski definition) is 1. The summed E-state index contributed by atoms with van der Waals surface area (Å²) in [6.45, 7) is 16.1. The predicted molar refractivity (Wildman–Crippen MR) is 134 cm³/mol. The highest BCUT2D eigenvalue weighted by Gasteiger charge is 2.47. The number of hydrogen-bond donors (Lipinski definition) is 0. The zero-order valence-corrected chi connectivity index (χ0v) is 20.8. The quantitative estimate of drug-likeness (QED) is 0.330. The smallest absolute Gasteiger partial charge is 0.0689 e. The molecule has 3 heteroatoms. The molecule has 0 fully saturated rings. The van der Waals surface area contributed by atoms with Crippen LogP contribution in [0, 0.1) is 0 Å². The van der Waals surface area contributed by atoms with Gasteiger partial charge >= 0.3 is 0 Å². The highest BCUT2D eigenvalue weighted by molar-refractivity contribution is 6.36. The Kier molecular flexibility index (Phi) is 4.25. The van der Waals surface area contributed by atoms with Gasteiger partial charge in [0.05, 0.1) is 27.1 Å². The van der Waals surface area contributed by atoms with E-state index in [4.69, 9.17) is 23.2 Å². The van der Waals surface area contributed by atoms with Crippen LogP contribution in [0.15, 0.2) is 48.5 Å². The van der Waals surface area contributed by atoms with Gasteiger partial charge in [-0.3, -0.25) is 0 Å². The van der Waals surface area contributed by atoms with E-state index in [9.17, 15) is 0 Å². The van der Waals surface area contributed by atoms with Gasteiger partial charge in [0, 0.05) is 10.8 Å². The van der Waals surface area contributed by atoms with Gasteiger partial charge in [0.25, 0.3) is 0 Å². The molecule has 5 rings (SSSR count). The molecule has 0 atom stereocenters. The summed E-state index contributed by atoms with van der Waals surface area (Å²) in [7, 11) is 0. The second-order valence-electron chi connectivity index (χ2n) is 11.0. The molecule has 0 amide bonds. The van der Waals surface area contributed by atoms with Gasteiger partial charge in [0.1, 0.15) is 0 Å². The van der Waals surface area contributed by atoms with Crippen molar-refractivity contribution in [1.82, 2.24) is 0 Å². The van der Waals surface area contributed by atoms with Crippen molar-refractivity contribution >= 4 is 40.3 Å². The fourth-order valence-electron chi connectivity index (χ4n) is 5.38. The van der Waals surface area contributed by atoms with Crippen molar-refractivity contribution in [3.8, 4) is 0 Å². The third kappa shape index (κ3) is 2.69. The van der Waals surface area contributed by atoms with Crippen LogP contribution in [-0.2, 0) is 16.2 Å². The first-order chi connectivity index (χ1) is 14.4. The van der Waals surface area contributed by atoms with Crippen LogP contribution in [0.3, 0.4) is 0 Å². The third-order valence-electron chi connectivity index (χ3n) is 7.31. The molecule has 3 aromatic rings. The Hall–Kier alpha value is -1.96. The Morgan fingerprint density at radius 3 is 1.45 bits per heavy atom. The third-order valence-corrected chi connectivity index (χ3v) is 7.92. The molecule has 0 saturated carbocycles. The van der Waals surface area contributed by atoms with E-state index in [1.165, 1.54) is 33.5 Å². The monoisotopic (exact) mass is 449 g/mol. The van der Waals surface area contributed by atoms with Gasteiger partial charge in [-0.25, -0.2) is 0 Å². The largest absolute Gasteiger partial charge is 0.306 e. The van der Waals surface area contributed by atoms with Gasteiger partial charge < -0.3 is 4.90 Å². The average molecular weight is 450 g/mol. The van der Waals surface area contributed by atoms with Gasteiger partial charge in [-0.1, -0.05) is 108 Å². The molecule has 0 saturated heterocycles. The number of anilines is 3. The average Bonchev–Trinajstić information content (AvgIpc) is 2.67. The second-order valence-corrected chi connectivity index (χ2v) is 11.8. The molecular weight excluding hydrogens is 421 g/mol. The van der Waals surface area contributed by atoms with Crippen molar-refractivity contribution in [3.05, 3.63) is 86.4 Å². The minimum Gasteiger partial charge on any atom is -0.306 e. The maximum atomic E-state index is 6.89. The molecule has 0 unspecified atom stereocenters. The lowest BCUT2D eigenvalue weighted by molar-refractivity contribution is 0.563. The molecule has 160 valence electrons. The molecule has 0 spiro atoms. The molecule has 0 aromatic heterocycles. The highest BCUT2D eigenvalue weighted by atomic mass is 35.5. The van der Waals surface area contributed by atoms with Crippen molar-refractivity contribution in [1.29, 1.82) is 0 Å². The fraction of sp³-hybridized carbons (Fsp3) is 0.357. The Bertz CT molecular complexity index is 1160. The lowest BCUT2D eigenvalue weighted by Crippen LogP contribution is -2.39. The first-order valence-electron chi connectivity index (χ1n) is 10.9. The van der Waals surface area contributed by atoms with Crippen molar-refractivity contribution < 1.29 is 0 Å². The van der Waals surface area contributed by atoms with Crippen LogP contribution >= 0.6 is 23.2 Å². The standard InChI is InChI=1S/C28H29Cl2N/c1-26(2,3)16-14-19-23-20(15-16)28(6,7)18-11-9-13-22(30)25(18)31(23)24-17(27(19,4)5)10-8-12-21(24)29/h8-15H,1-7H3. The zero-order valence-electron chi connectivity index (χ0n) is 19.3. The van der Waals surface area contributed by atoms with E-state index in [0.29, 0.717) is 0 Å². The van der Waals surface area contributed by atoms with Gasteiger partial charge in [-0.05, 0) is 45.4 Å². The minimum absolute atomic E-state index is 0.0474. The van der Waals surface area contributed by atoms with Crippen LogP contribution in [0.1, 0.15) is 76.3 Å². The first kappa shape index (κ1) is 20.9.